The van der Waals surface area contributed by atoms with Gasteiger partial charge in [0, 0.05) is 22.3 Å². The first-order chi connectivity index (χ1) is 21.8. The Bertz CT molecular complexity index is 2120. The molecule has 6 aromatic carbocycles. The number of nitrogens with zero attached hydrogens (tertiary/aromatic N) is 4. The van der Waals surface area contributed by atoms with E-state index in [0.29, 0.717) is 18.2 Å². The molecule has 0 saturated heterocycles. The molecule has 2 N–H and O–H groups in total. The third-order valence-electron chi connectivity index (χ3n) is 7.75. The summed E-state index contributed by atoms with van der Waals surface area (Å²) in [7, 11) is 0. The fourth-order valence-electron chi connectivity index (χ4n) is 5.62. The SMILES string of the molecule is N/C(=N\C(=N/Cc1c(-c2ccc(-c3ccccc3)nn2)c2ccccc2c2ccccc12)c1ccccc1)c1ccccc1. The van der Waals surface area contributed by atoms with Crippen molar-refractivity contribution in [2.24, 2.45) is 15.7 Å². The lowest BCUT2D eigenvalue weighted by molar-refractivity contribution is 1.03. The Morgan fingerprint density at radius 2 is 1.00 bits per heavy atom. The van der Waals surface area contributed by atoms with Crippen LogP contribution in [0.5, 0.6) is 0 Å². The molecule has 1 heterocycles. The second-order valence-corrected chi connectivity index (χ2v) is 10.5. The molecule has 0 bridgehead atoms. The number of nitrogens with two attached hydrogens (primary N) is 1. The van der Waals surface area contributed by atoms with Crippen molar-refractivity contribution in [1.82, 2.24) is 10.2 Å². The van der Waals surface area contributed by atoms with Gasteiger partial charge in [-0.3, -0.25) is 4.99 Å². The van der Waals surface area contributed by atoms with Crippen LogP contribution >= 0.6 is 0 Å². The molecular formula is C39H29N5. The number of rotatable bonds is 6. The molecule has 0 spiro atoms. The molecule has 0 aliphatic heterocycles. The van der Waals surface area contributed by atoms with Gasteiger partial charge in [0.1, 0.15) is 5.84 Å². The minimum atomic E-state index is 0.374. The van der Waals surface area contributed by atoms with Gasteiger partial charge in [-0.2, -0.15) is 0 Å². The van der Waals surface area contributed by atoms with Crippen molar-refractivity contribution in [3.8, 4) is 22.5 Å². The van der Waals surface area contributed by atoms with E-state index in [0.717, 1.165) is 55.4 Å². The first kappa shape index (κ1) is 26.9. The summed E-state index contributed by atoms with van der Waals surface area (Å²) in [5.41, 5.74) is 13.0. The van der Waals surface area contributed by atoms with E-state index in [1.165, 1.54) is 5.39 Å². The van der Waals surface area contributed by atoms with Crippen LogP contribution in [0, 0.1) is 0 Å². The minimum absolute atomic E-state index is 0.374. The Morgan fingerprint density at radius 1 is 0.500 bits per heavy atom. The normalized spacial score (nSPS) is 12.1. The number of amidine groups is 2. The van der Waals surface area contributed by atoms with Crippen molar-refractivity contribution in [3.63, 3.8) is 0 Å². The van der Waals surface area contributed by atoms with E-state index in [1.807, 2.05) is 97.1 Å². The highest BCUT2D eigenvalue weighted by Crippen LogP contribution is 2.39. The van der Waals surface area contributed by atoms with Gasteiger partial charge in [-0.05, 0) is 39.2 Å². The maximum absolute atomic E-state index is 6.50. The zero-order valence-corrected chi connectivity index (χ0v) is 24.0. The van der Waals surface area contributed by atoms with Gasteiger partial charge in [0.2, 0.25) is 0 Å². The third kappa shape index (κ3) is 5.35. The Labute approximate surface area is 256 Å². The van der Waals surface area contributed by atoms with Gasteiger partial charge in [-0.15, -0.1) is 10.2 Å². The van der Waals surface area contributed by atoms with E-state index in [9.17, 15) is 0 Å². The molecular weight excluding hydrogens is 538 g/mol. The standard InChI is InChI=1S/C39H29N5/c40-38(28-16-6-2-7-17-28)42-39(29-18-8-3-9-19-29)41-26-34-32-22-11-10-20-30(32)31-21-12-13-23-33(31)37(34)36-25-24-35(43-44-36)27-14-4-1-5-15-27/h1-25H,26H2,(H2,40,41,42). The molecule has 0 radical (unpaired) electrons. The Morgan fingerprint density at radius 3 is 1.64 bits per heavy atom. The summed E-state index contributed by atoms with van der Waals surface area (Å²) in [6.07, 6.45) is 0. The Balaban J connectivity index is 1.42. The zero-order valence-electron chi connectivity index (χ0n) is 24.0. The average molecular weight is 568 g/mol. The van der Waals surface area contributed by atoms with Crippen LogP contribution < -0.4 is 5.73 Å². The van der Waals surface area contributed by atoms with E-state index < -0.39 is 0 Å². The third-order valence-corrected chi connectivity index (χ3v) is 7.75. The van der Waals surface area contributed by atoms with Gasteiger partial charge < -0.3 is 5.73 Å². The number of hydrogen-bond donors (Lipinski definition) is 1. The lowest BCUT2D eigenvalue weighted by Gasteiger charge is -2.16. The van der Waals surface area contributed by atoms with Crippen molar-refractivity contribution < 1.29 is 0 Å². The second kappa shape index (κ2) is 12.1. The highest BCUT2D eigenvalue weighted by molar-refractivity contribution is 6.16. The Kier molecular flexibility index (Phi) is 7.42. The van der Waals surface area contributed by atoms with Crippen LogP contribution in [-0.2, 0) is 6.54 Å². The summed E-state index contributed by atoms with van der Waals surface area (Å²) in [4.78, 5) is 9.98. The van der Waals surface area contributed by atoms with Gasteiger partial charge in [-0.25, -0.2) is 4.99 Å². The van der Waals surface area contributed by atoms with Crippen LogP contribution in [0.15, 0.2) is 162 Å². The van der Waals surface area contributed by atoms with Crippen LogP contribution in [0.1, 0.15) is 16.7 Å². The van der Waals surface area contributed by atoms with Gasteiger partial charge in [0.25, 0.3) is 0 Å². The second-order valence-electron chi connectivity index (χ2n) is 10.5. The average Bonchev–Trinajstić information content (AvgIpc) is 3.11. The number of hydrogen-bond acceptors (Lipinski definition) is 3. The lowest BCUT2D eigenvalue weighted by Crippen LogP contribution is -2.16. The van der Waals surface area contributed by atoms with Gasteiger partial charge in [-0.1, -0.05) is 140 Å². The maximum Gasteiger partial charge on any atom is 0.157 e. The topological polar surface area (TPSA) is 76.5 Å². The minimum Gasteiger partial charge on any atom is -0.383 e. The van der Waals surface area contributed by atoms with Gasteiger partial charge in [0.15, 0.2) is 5.84 Å². The molecule has 0 aliphatic rings. The van der Waals surface area contributed by atoms with Crippen molar-refractivity contribution in [3.05, 3.63) is 168 Å². The predicted molar refractivity (Wildman–Crippen MR) is 182 cm³/mol. The first-order valence-corrected chi connectivity index (χ1v) is 14.6. The number of fused-ring (bicyclic) bond motifs is 3. The van der Waals surface area contributed by atoms with E-state index in [2.05, 4.69) is 59.7 Å². The molecule has 7 aromatic rings. The molecule has 0 fully saturated rings. The molecule has 5 heteroatoms. The van der Waals surface area contributed by atoms with Crippen molar-refractivity contribution >= 4 is 33.2 Å². The molecule has 0 saturated carbocycles. The van der Waals surface area contributed by atoms with Crippen LogP contribution in [0.3, 0.4) is 0 Å². The van der Waals surface area contributed by atoms with Crippen LogP contribution in [0.4, 0.5) is 0 Å². The molecule has 1 aromatic heterocycles. The van der Waals surface area contributed by atoms with Crippen molar-refractivity contribution in [2.75, 3.05) is 0 Å². The zero-order chi connectivity index (χ0) is 29.7. The summed E-state index contributed by atoms with van der Waals surface area (Å²) in [6, 6.07) is 50.9. The van der Waals surface area contributed by atoms with Gasteiger partial charge in [0.05, 0.1) is 17.9 Å². The molecule has 0 amide bonds. The molecule has 0 aliphatic carbocycles. The highest BCUT2D eigenvalue weighted by Gasteiger charge is 2.18. The van der Waals surface area contributed by atoms with E-state index in [-0.39, 0.29) is 0 Å². The van der Waals surface area contributed by atoms with Crippen LogP contribution in [0.25, 0.3) is 44.1 Å². The highest BCUT2D eigenvalue weighted by atomic mass is 15.1. The van der Waals surface area contributed by atoms with Crippen LogP contribution in [0.2, 0.25) is 0 Å². The van der Waals surface area contributed by atoms with Crippen molar-refractivity contribution in [2.45, 2.75) is 6.54 Å². The monoisotopic (exact) mass is 567 g/mol. The summed E-state index contributed by atoms with van der Waals surface area (Å²) < 4.78 is 0. The molecule has 0 atom stereocenters. The van der Waals surface area contributed by atoms with Gasteiger partial charge >= 0.3 is 0 Å². The van der Waals surface area contributed by atoms with Crippen molar-refractivity contribution in [1.29, 1.82) is 0 Å². The van der Waals surface area contributed by atoms with E-state index in [1.54, 1.807) is 0 Å². The molecule has 44 heavy (non-hydrogen) atoms. The molecule has 5 nitrogen and oxygen atoms in total. The summed E-state index contributed by atoms with van der Waals surface area (Å²) in [5.74, 6) is 0.986. The number of benzene rings is 6. The summed E-state index contributed by atoms with van der Waals surface area (Å²) in [6.45, 7) is 0.374. The molecule has 0 unspecified atom stereocenters. The van der Waals surface area contributed by atoms with Crippen LogP contribution in [-0.4, -0.2) is 21.9 Å². The fourth-order valence-corrected chi connectivity index (χ4v) is 5.62. The molecule has 7 rings (SSSR count). The maximum atomic E-state index is 6.50. The van der Waals surface area contributed by atoms with E-state index in [4.69, 9.17) is 20.8 Å². The molecule has 210 valence electrons. The summed E-state index contributed by atoms with van der Waals surface area (Å²) in [5, 5.41) is 14.0. The first-order valence-electron chi connectivity index (χ1n) is 14.6. The smallest absolute Gasteiger partial charge is 0.157 e. The number of aromatic nitrogens is 2. The number of aliphatic imine (C=N–C) groups is 2. The predicted octanol–water partition coefficient (Wildman–Crippen LogP) is 8.47. The largest absolute Gasteiger partial charge is 0.383 e. The summed E-state index contributed by atoms with van der Waals surface area (Å²) >= 11 is 0. The Hall–Kier alpha value is -5.94. The quantitative estimate of drug-likeness (QED) is 0.124. The lowest BCUT2D eigenvalue weighted by atomic mass is 9.90. The fraction of sp³-hybridized carbons (Fsp3) is 0.0256. The van der Waals surface area contributed by atoms with E-state index >= 15 is 0 Å².